The molecule has 0 amide bonds. The standard InChI is InChI=1S/C24H36N2O2S/c1-19-13-15-22(16-14-19)29(27,28)25-24(18-20-8-3-2-4-9-20)26-17-7-11-21-10-5-6-12-23(21)26/h13-16,20-21,23H,2-12,17-18H2,1H3/b25-24+. The molecule has 5 heteroatoms. The van der Waals surface area contributed by atoms with Crippen LogP contribution in [0.5, 0.6) is 0 Å². The van der Waals surface area contributed by atoms with Crippen LogP contribution in [0.2, 0.25) is 0 Å². The third-order valence-corrected chi connectivity index (χ3v) is 8.63. The summed E-state index contributed by atoms with van der Waals surface area (Å²) in [5.41, 5.74) is 1.07. The molecule has 4 rings (SSSR count). The van der Waals surface area contributed by atoms with Crippen LogP contribution in [-0.2, 0) is 10.0 Å². The lowest BCUT2D eigenvalue weighted by atomic mass is 9.77. The molecule has 29 heavy (non-hydrogen) atoms. The molecule has 1 aromatic carbocycles. The normalized spacial score (nSPS) is 26.9. The smallest absolute Gasteiger partial charge is 0.283 e. The van der Waals surface area contributed by atoms with Gasteiger partial charge in [-0.15, -0.1) is 4.40 Å². The maximum absolute atomic E-state index is 13.2. The molecule has 2 unspecified atom stereocenters. The molecular formula is C24H36N2O2S. The van der Waals surface area contributed by atoms with Gasteiger partial charge in [-0.05, 0) is 56.6 Å². The highest BCUT2D eigenvalue weighted by molar-refractivity contribution is 7.90. The number of fused-ring (bicyclic) bond motifs is 1. The molecule has 0 aromatic heterocycles. The average molecular weight is 417 g/mol. The number of likely N-dealkylation sites (tertiary alicyclic amines) is 1. The van der Waals surface area contributed by atoms with Gasteiger partial charge in [-0.1, -0.05) is 62.6 Å². The Bertz CT molecular complexity index is 808. The van der Waals surface area contributed by atoms with E-state index in [1.54, 1.807) is 12.1 Å². The fourth-order valence-electron chi connectivity index (χ4n) is 5.70. The first-order chi connectivity index (χ1) is 14.0. The fraction of sp³-hybridized carbons (Fsp3) is 0.708. The summed E-state index contributed by atoms with van der Waals surface area (Å²) in [4.78, 5) is 2.75. The van der Waals surface area contributed by atoms with E-state index in [2.05, 4.69) is 9.30 Å². The van der Waals surface area contributed by atoms with Gasteiger partial charge in [-0.2, -0.15) is 8.42 Å². The molecule has 0 radical (unpaired) electrons. The maximum atomic E-state index is 13.2. The molecule has 0 N–H and O–H groups in total. The minimum Gasteiger partial charge on any atom is -0.356 e. The average Bonchev–Trinajstić information content (AvgIpc) is 2.74. The van der Waals surface area contributed by atoms with E-state index in [0.717, 1.165) is 36.7 Å². The highest BCUT2D eigenvalue weighted by Gasteiger charge is 2.36. The summed E-state index contributed by atoms with van der Waals surface area (Å²) in [5, 5.41) is 0. The number of hydrogen-bond donors (Lipinski definition) is 0. The van der Waals surface area contributed by atoms with E-state index >= 15 is 0 Å². The Hall–Kier alpha value is -1.36. The van der Waals surface area contributed by atoms with Crippen LogP contribution in [0.15, 0.2) is 33.6 Å². The number of piperidine rings is 1. The predicted molar refractivity (Wildman–Crippen MR) is 119 cm³/mol. The Morgan fingerprint density at radius 1 is 0.931 bits per heavy atom. The zero-order chi connectivity index (χ0) is 20.3. The summed E-state index contributed by atoms with van der Waals surface area (Å²) in [6.45, 7) is 2.95. The van der Waals surface area contributed by atoms with Gasteiger partial charge in [0.15, 0.2) is 0 Å². The zero-order valence-electron chi connectivity index (χ0n) is 17.9. The van der Waals surface area contributed by atoms with Crippen molar-refractivity contribution in [1.82, 2.24) is 4.90 Å². The largest absolute Gasteiger partial charge is 0.356 e. The van der Waals surface area contributed by atoms with Crippen molar-refractivity contribution < 1.29 is 8.42 Å². The van der Waals surface area contributed by atoms with Crippen LogP contribution in [-0.4, -0.2) is 31.7 Å². The van der Waals surface area contributed by atoms with Crippen molar-refractivity contribution in [2.75, 3.05) is 6.54 Å². The molecule has 1 aromatic rings. The van der Waals surface area contributed by atoms with Crippen LogP contribution >= 0.6 is 0 Å². The molecule has 4 nitrogen and oxygen atoms in total. The molecule has 0 bridgehead atoms. The molecular weight excluding hydrogens is 380 g/mol. The van der Waals surface area contributed by atoms with Crippen molar-refractivity contribution >= 4 is 15.9 Å². The highest BCUT2D eigenvalue weighted by atomic mass is 32.2. The minimum absolute atomic E-state index is 0.321. The van der Waals surface area contributed by atoms with Gasteiger partial charge >= 0.3 is 0 Å². The number of nitrogens with zero attached hydrogens (tertiary/aromatic N) is 2. The lowest BCUT2D eigenvalue weighted by molar-refractivity contribution is 0.116. The van der Waals surface area contributed by atoms with Gasteiger partial charge in [0, 0.05) is 19.0 Å². The van der Waals surface area contributed by atoms with E-state index in [-0.39, 0.29) is 0 Å². The third kappa shape index (κ3) is 5.04. The van der Waals surface area contributed by atoms with Gasteiger partial charge < -0.3 is 4.90 Å². The number of benzene rings is 1. The molecule has 0 spiro atoms. The Morgan fingerprint density at radius 2 is 1.59 bits per heavy atom. The molecule has 1 aliphatic heterocycles. The van der Waals surface area contributed by atoms with Crippen molar-refractivity contribution in [3.8, 4) is 0 Å². The topological polar surface area (TPSA) is 49.7 Å². The second-order valence-electron chi connectivity index (χ2n) is 9.45. The quantitative estimate of drug-likeness (QED) is 0.467. The van der Waals surface area contributed by atoms with Gasteiger partial charge in [0.1, 0.15) is 5.84 Å². The number of aryl methyl sites for hydroxylation is 1. The molecule has 3 aliphatic rings. The van der Waals surface area contributed by atoms with E-state index in [1.807, 2.05) is 19.1 Å². The Morgan fingerprint density at radius 3 is 2.34 bits per heavy atom. The maximum Gasteiger partial charge on any atom is 0.283 e. The van der Waals surface area contributed by atoms with Crippen LogP contribution in [0.1, 0.15) is 82.6 Å². The molecule has 2 saturated carbocycles. The van der Waals surface area contributed by atoms with Crippen LogP contribution in [0.25, 0.3) is 0 Å². The Kier molecular flexibility index (Phi) is 6.63. The van der Waals surface area contributed by atoms with Crippen molar-refractivity contribution in [2.45, 2.75) is 94.9 Å². The Balaban J connectivity index is 1.65. The van der Waals surface area contributed by atoms with Gasteiger partial charge in [0.05, 0.1) is 4.90 Å². The number of hydrogen-bond acceptors (Lipinski definition) is 2. The molecule has 1 saturated heterocycles. The first-order valence-corrected chi connectivity index (χ1v) is 13.1. The number of sulfonamides is 1. The summed E-state index contributed by atoms with van der Waals surface area (Å²) in [5.74, 6) is 2.16. The highest BCUT2D eigenvalue weighted by Crippen LogP contribution is 2.37. The second-order valence-corrected chi connectivity index (χ2v) is 11.1. The summed E-state index contributed by atoms with van der Waals surface area (Å²) in [6, 6.07) is 7.62. The van der Waals surface area contributed by atoms with Crippen molar-refractivity contribution in [1.29, 1.82) is 0 Å². The van der Waals surface area contributed by atoms with E-state index in [0.29, 0.717) is 16.9 Å². The van der Waals surface area contributed by atoms with Gasteiger partial charge in [0.2, 0.25) is 0 Å². The summed E-state index contributed by atoms with van der Waals surface area (Å²) >= 11 is 0. The van der Waals surface area contributed by atoms with Gasteiger partial charge in [-0.3, -0.25) is 0 Å². The van der Waals surface area contributed by atoms with Gasteiger partial charge in [0.25, 0.3) is 10.0 Å². The number of amidine groups is 1. The Labute approximate surface area is 176 Å². The number of rotatable bonds is 4. The minimum atomic E-state index is -3.67. The van der Waals surface area contributed by atoms with Crippen LogP contribution in [0.3, 0.4) is 0 Å². The molecule has 2 aliphatic carbocycles. The SMILES string of the molecule is Cc1ccc(S(=O)(=O)/N=C(\CC2CCCCC2)N2CCCC3CCCCC32)cc1. The summed E-state index contributed by atoms with van der Waals surface area (Å²) in [6.07, 6.45) is 14.7. The zero-order valence-corrected chi connectivity index (χ0v) is 18.7. The first kappa shape index (κ1) is 20.9. The van der Waals surface area contributed by atoms with Gasteiger partial charge in [-0.25, -0.2) is 0 Å². The van der Waals surface area contributed by atoms with Crippen LogP contribution in [0.4, 0.5) is 0 Å². The van der Waals surface area contributed by atoms with Crippen LogP contribution in [0, 0.1) is 18.8 Å². The van der Waals surface area contributed by atoms with E-state index in [4.69, 9.17) is 0 Å². The molecule has 160 valence electrons. The van der Waals surface area contributed by atoms with E-state index in [9.17, 15) is 8.42 Å². The monoisotopic (exact) mass is 416 g/mol. The van der Waals surface area contributed by atoms with E-state index < -0.39 is 10.0 Å². The summed E-state index contributed by atoms with van der Waals surface area (Å²) < 4.78 is 30.9. The summed E-state index contributed by atoms with van der Waals surface area (Å²) in [7, 11) is -3.67. The predicted octanol–water partition coefficient (Wildman–Crippen LogP) is 5.71. The molecule has 1 heterocycles. The van der Waals surface area contributed by atoms with Crippen LogP contribution < -0.4 is 0 Å². The van der Waals surface area contributed by atoms with Crippen molar-refractivity contribution in [3.05, 3.63) is 29.8 Å². The van der Waals surface area contributed by atoms with Crippen molar-refractivity contribution in [2.24, 2.45) is 16.2 Å². The second kappa shape index (κ2) is 9.20. The fourth-order valence-corrected chi connectivity index (χ4v) is 6.75. The lowest BCUT2D eigenvalue weighted by Crippen LogP contribution is -2.50. The third-order valence-electron chi connectivity index (χ3n) is 7.32. The molecule has 2 atom stereocenters. The van der Waals surface area contributed by atoms with Crippen molar-refractivity contribution in [3.63, 3.8) is 0 Å². The molecule has 3 fully saturated rings. The van der Waals surface area contributed by atoms with E-state index in [1.165, 1.54) is 64.2 Å². The lowest BCUT2D eigenvalue weighted by Gasteiger charge is -2.46. The first-order valence-electron chi connectivity index (χ1n) is 11.7.